The van der Waals surface area contributed by atoms with Crippen molar-refractivity contribution in [3.05, 3.63) is 194 Å². The summed E-state index contributed by atoms with van der Waals surface area (Å²) in [6.07, 6.45) is 0. The van der Waals surface area contributed by atoms with Crippen LogP contribution in [0.5, 0.6) is 0 Å². The summed E-state index contributed by atoms with van der Waals surface area (Å²) >= 11 is 0. The number of fused-ring (bicyclic) bond motifs is 9. The average Bonchev–Trinajstić information content (AvgIpc) is 3.78. The lowest BCUT2D eigenvalue weighted by Gasteiger charge is -2.28. The molecule has 3 nitrogen and oxygen atoms in total. The first-order chi connectivity index (χ1) is 26.3. The van der Waals surface area contributed by atoms with Gasteiger partial charge in [-0.2, -0.15) is 0 Å². The van der Waals surface area contributed by atoms with Crippen molar-refractivity contribution in [3.8, 4) is 16.8 Å². The first kappa shape index (κ1) is 29.6. The molecule has 2 aromatic heterocycles. The van der Waals surface area contributed by atoms with Crippen LogP contribution in [0.3, 0.4) is 0 Å². The van der Waals surface area contributed by atoms with Gasteiger partial charge in [-0.3, -0.25) is 0 Å². The van der Waals surface area contributed by atoms with Gasteiger partial charge in [-0.25, -0.2) is 0 Å². The predicted octanol–water partition coefficient (Wildman–Crippen LogP) is 14.1. The van der Waals surface area contributed by atoms with Gasteiger partial charge in [-0.05, 0) is 64.2 Å². The van der Waals surface area contributed by atoms with Crippen molar-refractivity contribution in [3.63, 3.8) is 0 Å². The van der Waals surface area contributed by atoms with Gasteiger partial charge in [0.25, 0.3) is 0 Å². The standard InChI is InChI=1S/C50H32N2O/c1-2-16-33(17-3-1)36-20-8-11-26-42(36)51(46-30-14-25-40-39-23-10-13-31-48(39)53-50(40)46)44-28-15-29-45-49(44)41-24-9-12-27-43(41)52(45)47-32-34-18-4-5-19-35(34)37-21-6-7-22-38(37)47/h1-32H. The van der Waals surface area contributed by atoms with Crippen LogP contribution in [0.4, 0.5) is 17.1 Å². The Kier molecular flexibility index (Phi) is 6.55. The summed E-state index contributed by atoms with van der Waals surface area (Å²) in [5.74, 6) is 0. The number of nitrogens with zero attached hydrogens (tertiary/aromatic N) is 2. The second kappa shape index (κ2) is 11.7. The molecule has 53 heavy (non-hydrogen) atoms. The summed E-state index contributed by atoms with van der Waals surface area (Å²) in [4.78, 5) is 2.42. The minimum absolute atomic E-state index is 0.859. The molecule has 0 aliphatic rings. The fraction of sp³-hybridized carbons (Fsp3) is 0. The zero-order chi connectivity index (χ0) is 34.9. The molecule has 11 rings (SSSR count). The molecular formula is C50H32N2O. The van der Waals surface area contributed by atoms with Crippen LogP contribution in [0.2, 0.25) is 0 Å². The molecule has 0 amide bonds. The molecule has 0 atom stereocenters. The SMILES string of the molecule is c1ccc(-c2ccccc2N(c2cccc3c2oc2ccccc23)c2cccc3c2c2ccccc2n3-c2cc3ccccc3c3ccccc23)cc1. The van der Waals surface area contributed by atoms with Gasteiger partial charge in [-0.15, -0.1) is 0 Å². The van der Waals surface area contributed by atoms with Crippen molar-refractivity contribution in [1.29, 1.82) is 0 Å². The fourth-order valence-corrected chi connectivity index (χ4v) is 8.49. The van der Waals surface area contributed by atoms with E-state index in [0.29, 0.717) is 0 Å². The zero-order valence-corrected chi connectivity index (χ0v) is 28.8. The molecule has 0 spiro atoms. The summed E-state index contributed by atoms with van der Waals surface area (Å²) in [7, 11) is 0. The van der Waals surface area contributed by atoms with Gasteiger partial charge in [0.15, 0.2) is 5.58 Å². The number of hydrogen-bond acceptors (Lipinski definition) is 2. The summed E-state index contributed by atoms with van der Waals surface area (Å²) in [5, 5.41) is 9.52. The Morgan fingerprint density at radius 1 is 0.396 bits per heavy atom. The molecule has 0 N–H and O–H groups in total. The first-order valence-electron chi connectivity index (χ1n) is 18.1. The average molecular weight is 677 g/mol. The molecule has 9 aromatic carbocycles. The van der Waals surface area contributed by atoms with E-state index in [9.17, 15) is 0 Å². The second-order valence-electron chi connectivity index (χ2n) is 13.7. The van der Waals surface area contributed by atoms with Gasteiger partial charge < -0.3 is 13.9 Å². The monoisotopic (exact) mass is 676 g/mol. The van der Waals surface area contributed by atoms with Crippen molar-refractivity contribution in [2.24, 2.45) is 0 Å². The third kappa shape index (κ3) is 4.47. The van der Waals surface area contributed by atoms with Gasteiger partial charge in [0.05, 0.1) is 33.8 Å². The van der Waals surface area contributed by atoms with Gasteiger partial charge in [0.2, 0.25) is 0 Å². The topological polar surface area (TPSA) is 21.3 Å². The molecule has 0 unspecified atom stereocenters. The molecule has 2 heterocycles. The minimum Gasteiger partial charge on any atom is -0.454 e. The molecule has 11 aromatic rings. The van der Waals surface area contributed by atoms with Crippen molar-refractivity contribution in [1.82, 2.24) is 4.57 Å². The van der Waals surface area contributed by atoms with E-state index in [1.807, 2.05) is 6.07 Å². The molecule has 0 saturated heterocycles. The number of anilines is 3. The van der Waals surface area contributed by atoms with E-state index in [2.05, 4.69) is 198 Å². The lowest BCUT2D eigenvalue weighted by Crippen LogP contribution is -2.12. The smallest absolute Gasteiger partial charge is 0.159 e. The van der Waals surface area contributed by atoms with E-state index in [4.69, 9.17) is 4.42 Å². The number of rotatable bonds is 5. The summed E-state index contributed by atoms with van der Waals surface area (Å²) in [6.45, 7) is 0. The van der Waals surface area contributed by atoms with Gasteiger partial charge in [-0.1, -0.05) is 152 Å². The van der Waals surface area contributed by atoms with Crippen LogP contribution in [0.15, 0.2) is 199 Å². The zero-order valence-electron chi connectivity index (χ0n) is 28.8. The molecule has 3 heteroatoms. The van der Waals surface area contributed by atoms with E-state index in [-0.39, 0.29) is 0 Å². The molecule has 0 bridgehead atoms. The van der Waals surface area contributed by atoms with Crippen molar-refractivity contribution in [2.45, 2.75) is 0 Å². The lowest BCUT2D eigenvalue weighted by molar-refractivity contribution is 0.669. The van der Waals surface area contributed by atoms with Gasteiger partial charge >= 0.3 is 0 Å². The first-order valence-corrected chi connectivity index (χ1v) is 18.1. The highest BCUT2D eigenvalue weighted by Gasteiger charge is 2.26. The maximum Gasteiger partial charge on any atom is 0.159 e. The van der Waals surface area contributed by atoms with Crippen LogP contribution in [-0.4, -0.2) is 4.57 Å². The van der Waals surface area contributed by atoms with Crippen LogP contribution in [-0.2, 0) is 0 Å². The van der Waals surface area contributed by atoms with E-state index in [1.54, 1.807) is 0 Å². The normalized spacial score (nSPS) is 11.8. The highest BCUT2D eigenvalue weighted by Crippen LogP contribution is 2.49. The third-order valence-corrected chi connectivity index (χ3v) is 10.8. The van der Waals surface area contributed by atoms with E-state index >= 15 is 0 Å². The predicted molar refractivity (Wildman–Crippen MR) is 223 cm³/mol. The van der Waals surface area contributed by atoms with Crippen molar-refractivity contribution in [2.75, 3.05) is 4.90 Å². The molecule has 0 fully saturated rings. The number of aromatic nitrogens is 1. The molecule has 0 radical (unpaired) electrons. The lowest BCUT2D eigenvalue weighted by atomic mass is 10.00. The van der Waals surface area contributed by atoms with Crippen LogP contribution in [0, 0.1) is 0 Å². The Hall–Kier alpha value is -7.10. The highest BCUT2D eigenvalue weighted by atomic mass is 16.3. The van der Waals surface area contributed by atoms with Crippen LogP contribution < -0.4 is 4.90 Å². The number of furan rings is 1. The van der Waals surface area contributed by atoms with E-state index < -0.39 is 0 Å². The summed E-state index contributed by atoms with van der Waals surface area (Å²) < 4.78 is 9.23. The Labute approximate surface area is 306 Å². The maximum atomic E-state index is 6.77. The van der Waals surface area contributed by atoms with Gasteiger partial charge in [0, 0.05) is 32.5 Å². The molecule has 0 aliphatic heterocycles. The summed E-state index contributed by atoms with van der Waals surface area (Å²) in [5.41, 5.74) is 10.6. The molecule has 248 valence electrons. The largest absolute Gasteiger partial charge is 0.454 e. The molecule has 0 aliphatic carbocycles. The van der Waals surface area contributed by atoms with E-state index in [1.165, 1.54) is 38.0 Å². The summed E-state index contributed by atoms with van der Waals surface area (Å²) in [6, 6.07) is 69.7. The fourth-order valence-electron chi connectivity index (χ4n) is 8.49. The van der Waals surface area contributed by atoms with Gasteiger partial charge in [0.1, 0.15) is 5.58 Å². The van der Waals surface area contributed by atoms with Crippen LogP contribution in [0.1, 0.15) is 0 Å². The second-order valence-corrected chi connectivity index (χ2v) is 13.7. The third-order valence-electron chi connectivity index (χ3n) is 10.8. The number of hydrogen-bond donors (Lipinski definition) is 0. The van der Waals surface area contributed by atoms with Crippen LogP contribution >= 0.6 is 0 Å². The van der Waals surface area contributed by atoms with Crippen molar-refractivity contribution >= 4 is 82.4 Å². The van der Waals surface area contributed by atoms with Crippen molar-refractivity contribution < 1.29 is 4.42 Å². The maximum absolute atomic E-state index is 6.77. The minimum atomic E-state index is 0.859. The van der Waals surface area contributed by atoms with E-state index in [0.717, 1.165) is 61.2 Å². The Morgan fingerprint density at radius 3 is 1.89 bits per heavy atom. The number of para-hydroxylation sites is 4. The highest BCUT2D eigenvalue weighted by molar-refractivity contribution is 6.20. The number of benzene rings is 9. The molecule has 0 saturated carbocycles. The molecular weight excluding hydrogens is 645 g/mol. The van der Waals surface area contributed by atoms with Crippen LogP contribution in [0.25, 0.3) is 82.1 Å². The Balaban J connectivity index is 1.28. The quantitative estimate of drug-likeness (QED) is 0.169. The Bertz CT molecular complexity index is 3190. The Morgan fingerprint density at radius 2 is 1.00 bits per heavy atom.